The van der Waals surface area contributed by atoms with E-state index in [0.29, 0.717) is 58.5 Å². The average molecular weight is 608 g/mol. The van der Waals surface area contributed by atoms with Crippen LogP contribution in [0.15, 0.2) is 53.6 Å². The third-order valence-electron chi connectivity index (χ3n) is 9.05. The normalized spacial score (nSPS) is 16.4. The Balaban J connectivity index is 1.16. The summed E-state index contributed by atoms with van der Waals surface area (Å²) >= 11 is 6.41. The van der Waals surface area contributed by atoms with E-state index in [1.165, 1.54) is 7.11 Å². The number of H-pyrrole nitrogens is 1. The first kappa shape index (κ1) is 28.0. The molecule has 4 aromatic rings. The van der Waals surface area contributed by atoms with E-state index in [4.69, 9.17) is 22.1 Å². The zero-order chi connectivity index (χ0) is 30.9. The Kier molecular flexibility index (Phi) is 6.62. The Bertz CT molecular complexity index is 2000. The lowest BCUT2D eigenvalue weighted by atomic mass is 9.95. The van der Waals surface area contributed by atoms with Crippen LogP contribution < -0.4 is 10.6 Å². The predicted molar refractivity (Wildman–Crippen MR) is 171 cm³/mol. The van der Waals surface area contributed by atoms with Crippen LogP contribution in [0.25, 0.3) is 23.1 Å². The summed E-state index contributed by atoms with van der Waals surface area (Å²) < 4.78 is 5.03. The number of nitrogens with two attached hydrogens (primary N) is 1. The van der Waals surface area contributed by atoms with E-state index < -0.39 is 5.97 Å². The molecule has 9 heteroatoms. The van der Waals surface area contributed by atoms with Crippen LogP contribution in [0.1, 0.15) is 55.4 Å². The van der Waals surface area contributed by atoms with Gasteiger partial charge in [-0.05, 0) is 58.5 Å². The second kappa shape index (κ2) is 10.4. The number of fused-ring (bicyclic) bond motifs is 5. The first-order chi connectivity index (χ1) is 21.2. The van der Waals surface area contributed by atoms with Crippen molar-refractivity contribution in [2.24, 2.45) is 0 Å². The number of benzene rings is 3. The number of carbonyl (C=O) groups excluding carboxylic acids is 3. The fourth-order valence-electron chi connectivity index (χ4n) is 6.89. The molecule has 1 unspecified atom stereocenters. The summed E-state index contributed by atoms with van der Waals surface area (Å²) in [5, 5.41) is 11.5. The van der Waals surface area contributed by atoms with Crippen molar-refractivity contribution in [3.8, 4) is 5.75 Å². The summed E-state index contributed by atoms with van der Waals surface area (Å²) in [4.78, 5) is 44.6. The summed E-state index contributed by atoms with van der Waals surface area (Å²) in [7, 11) is 1.31. The first-order valence-electron chi connectivity index (χ1n) is 14.5. The Morgan fingerprint density at radius 2 is 1.89 bits per heavy atom. The lowest BCUT2D eigenvalue weighted by molar-refractivity contribution is -0.115. The number of Topliss-reactive ketones (excluding diaryl/α,β-unsaturated/α-hetero) is 1. The molecule has 0 spiro atoms. The zero-order valence-corrected chi connectivity index (χ0v) is 25.0. The van der Waals surface area contributed by atoms with Crippen molar-refractivity contribution in [3.05, 3.63) is 98.2 Å². The number of hydrogen-bond donors (Lipinski definition) is 3. The molecule has 2 heterocycles. The molecular formula is C35H30ClN3O5. The molecule has 3 aliphatic rings. The lowest BCUT2D eigenvalue weighted by Crippen LogP contribution is -2.31. The maximum Gasteiger partial charge on any atom is 0.340 e. The smallest absolute Gasteiger partial charge is 0.340 e. The zero-order valence-electron chi connectivity index (χ0n) is 24.3. The Morgan fingerprint density at radius 1 is 1.09 bits per heavy atom. The fraction of sp³-hybridized carbons (Fsp3) is 0.229. The van der Waals surface area contributed by atoms with Gasteiger partial charge >= 0.3 is 5.97 Å². The fourth-order valence-corrected chi connectivity index (χ4v) is 7.14. The van der Waals surface area contributed by atoms with E-state index in [1.807, 2.05) is 48.6 Å². The molecule has 0 saturated carbocycles. The lowest BCUT2D eigenvalue weighted by Gasteiger charge is -2.19. The van der Waals surface area contributed by atoms with Crippen LogP contribution in [0.5, 0.6) is 5.75 Å². The van der Waals surface area contributed by atoms with Gasteiger partial charge in [-0.25, -0.2) is 4.79 Å². The van der Waals surface area contributed by atoms with Crippen LogP contribution in [0.4, 0.5) is 11.4 Å². The number of anilines is 2. The molecule has 8 nitrogen and oxygen atoms in total. The molecule has 4 N–H and O–H groups in total. The largest absolute Gasteiger partial charge is 0.506 e. The van der Waals surface area contributed by atoms with Crippen molar-refractivity contribution in [1.29, 1.82) is 0 Å². The van der Waals surface area contributed by atoms with Crippen LogP contribution in [-0.2, 0) is 33.6 Å². The number of ether oxygens (including phenoxy) is 1. The predicted octanol–water partition coefficient (Wildman–Crippen LogP) is 5.61. The molecule has 222 valence electrons. The molecule has 44 heavy (non-hydrogen) atoms. The summed E-state index contributed by atoms with van der Waals surface area (Å²) in [6.45, 7) is 2.06. The number of hydrogen-bond acceptors (Lipinski definition) is 6. The van der Waals surface area contributed by atoms with E-state index in [2.05, 4.69) is 4.98 Å². The van der Waals surface area contributed by atoms with Gasteiger partial charge in [0.05, 0.1) is 23.9 Å². The van der Waals surface area contributed by atoms with Gasteiger partial charge in [0.2, 0.25) is 0 Å². The Hall–Kier alpha value is -4.82. The molecule has 3 aromatic carbocycles. The molecule has 0 radical (unpaired) electrons. The van der Waals surface area contributed by atoms with E-state index in [0.717, 1.165) is 39.0 Å². The molecule has 0 bridgehead atoms. The van der Waals surface area contributed by atoms with Crippen molar-refractivity contribution >= 4 is 63.7 Å². The van der Waals surface area contributed by atoms with Crippen molar-refractivity contribution in [2.75, 3.05) is 30.2 Å². The molecule has 7 rings (SSSR count). The topological polar surface area (TPSA) is 126 Å². The van der Waals surface area contributed by atoms with E-state index in [-0.39, 0.29) is 35.7 Å². The van der Waals surface area contributed by atoms with Crippen molar-refractivity contribution in [1.82, 2.24) is 4.98 Å². The van der Waals surface area contributed by atoms with Crippen molar-refractivity contribution in [2.45, 2.75) is 32.1 Å². The highest BCUT2D eigenvalue weighted by molar-refractivity contribution is 6.20. The van der Waals surface area contributed by atoms with E-state index in [9.17, 15) is 19.5 Å². The summed E-state index contributed by atoms with van der Waals surface area (Å²) in [5.74, 6) is -0.744. The number of halogens is 1. The van der Waals surface area contributed by atoms with Gasteiger partial charge in [-0.3, -0.25) is 9.59 Å². The minimum absolute atomic E-state index is 0.0528. The van der Waals surface area contributed by atoms with Crippen LogP contribution in [0.2, 0.25) is 0 Å². The van der Waals surface area contributed by atoms with Crippen LogP contribution in [0.3, 0.4) is 0 Å². The Labute approximate surface area is 258 Å². The molecule has 2 aliphatic carbocycles. The highest BCUT2D eigenvalue weighted by Gasteiger charge is 2.38. The quantitative estimate of drug-likeness (QED) is 0.149. The number of nitrogen functional groups attached to an aromatic ring is 1. The monoisotopic (exact) mass is 607 g/mol. The summed E-state index contributed by atoms with van der Waals surface area (Å²) in [6.07, 6.45) is 5.05. The number of nitrogens with one attached hydrogen (secondary N) is 1. The van der Waals surface area contributed by atoms with Gasteiger partial charge < -0.3 is 25.5 Å². The maximum atomic E-state index is 14.0. The number of carbonyl (C=O) groups is 3. The number of methoxy groups -OCH3 is 1. The number of aromatic hydroxyl groups is 1. The molecule has 0 fully saturated rings. The number of allylic oxidation sites excluding steroid dienone is 1. The second-order valence-corrected chi connectivity index (χ2v) is 12.0. The van der Waals surface area contributed by atoms with Gasteiger partial charge in [-0.15, -0.1) is 11.6 Å². The highest BCUT2D eigenvalue weighted by Crippen LogP contribution is 2.48. The number of aryl methyl sites for hydroxylation is 1. The number of alkyl halides is 1. The standard InChI is InChI=1S/C35H30ClN3O5/c1-17-30(35(43)44-2)32-31-24(15-36)16-39(27(31)14-29(41)33(32)38-17)34(42)23-10-19-7-6-18(8-21(19)12-23)9-28(40)22-11-20-4-3-5-26(37)25(20)13-22/h3-8,11-12,14,24,38,41H,9-10,13,15-16,37H2,1-2H3. The number of rotatable bonds is 6. The van der Waals surface area contributed by atoms with Crippen LogP contribution >= 0.6 is 11.6 Å². The number of ketones is 1. The third-order valence-corrected chi connectivity index (χ3v) is 9.42. The molecule has 1 amide bonds. The second-order valence-electron chi connectivity index (χ2n) is 11.7. The summed E-state index contributed by atoms with van der Waals surface area (Å²) in [6, 6.07) is 13.2. The number of phenols is 1. The van der Waals surface area contributed by atoms with Crippen LogP contribution in [0, 0.1) is 6.92 Å². The molecule has 1 aromatic heterocycles. The van der Waals surface area contributed by atoms with Gasteiger partial charge in [0.1, 0.15) is 5.75 Å². The highest BCUT2D eigenvalue weighted by atomic mass is 35.5. The molecule has 1 atom stereocenters. The maximum absolute atomic E-state index is 14.0. The number of aromatic nitrogens is 1. The number of amides is 1. The number of aromatic amines is 1. The average Bonchev–Trinajstić information content (AvgIpc) is 3.79. The van der Waals surface area contributed by atoms with Gasteiger partial charge in [-0.1, -0.05) is 30.3 Å². The van der Waals surface area contributed by atoms with Crippen molar-refractivity contribution < 1.29 is 24.2 Å². The van der Waals surface area contributed by atoms with E-state index >= 15 is 0 Å². The van der Waals surface area contributed by atoms with E-state index in [1.54, 1.807) is 17.9 Å². The number of phenolic OH excluding ortho intramolecular Hbond substituents is 1. The number of nitrogens with zero attached hydrogens (tertiary/aromatic N) is 1. The third kappa shape index (κ3) is 4.32. The van der Waals surface area contributed by atoms with Gasteiger partial charge in [-0.2, -0.15) is 0 Å². The SMILES string of the molecule is COC(=O)c1c(C)[nH]c2c(O)cc3c(c12)C(CCl)CN3C(=O)C1=Cc2cc(CC(=O)C3=Cc4cccc(N)c4C3)ccc2C1. The van der Waals surface area contributed by atoms with Gasteiger partial charge in [0.15, 0.2) is 5.78 Å². The first-order valence-corrected chi connectivity index (χ1v) is 15.0. The minimum Gasteiger partial charge on any atom is -0.506 e. The van der Waals surface area contributed by atoms with Crippen LogP contribution in [-0.4, -0.2) is 47.3 Å². The molecular weight excluding hydrogens is 578 g/mol. The van der Waals surface area contributed by atoms with Gasteiger partial charge in [0, 0.05) is 71.6 Å². The van der Waals surface area contributed by atoms with Gasteiger partial charge in [0.25, 0.3) is 5.91 Å². The molecule has 0 saturated heterocycles. The Morgan fingerprint density at radius 3 is 2.64 bits per heavy atom. The minimum atomic E-state index is -0.527. The summed E-state index contributed by atoms with van der Waals surface area (Å²) in [5.41, 5.74) is 15.5. The van der Waals surface area contributed by atoms with Crippen molar-refractivity contribution in [3.63, 3.8) is 0 Å². The molecule has 1 aliphatic heterocycles. The number of esters is 1.